The Balaban J connectivity index is 1.81. The first kappa shape index (κ1) is 27.7. The van der Waals surface area contributed by atoms with Crippen molar-refractivity contribution in [1.29, 1.82) is 0 Å². The number of carbonyl (C=O) groups is 3. The number of halogens is 1. The van der Waals surface area contributed by atoms with E-state index >= 15 is 0 Å². The van der Waals surface area contributed by atoms with Crippen LogP contribution in [0.1, 0.15) is 60.8 Å². The predicted molar refractivity (Wildman–Crippen MR) is 137 cm³/mol. The molecule has 4 aliphatic rings. The average Bonchev–Trinajstić information content (AvgIpc) is 3.03. The van der Waals surface area contributed by atoms with E-state index < -0.39 is 32.8 Å². The Hall–Kier alpha value is -1.35. The first-order chi connectivity index (χ1) is 16.8. The lowest BCUT2D eigenvalue weighted by atomic mass is 9.44. The first-order valence-corrected chi connectivity index (χ1v) is 13.8. The molecule has 8 heteroatoms. The number of esters is 1. The number of fused-ring (bicyclic) bond motifs is 5. The molecule has 4 rings (SSSR count). The van der Waals surface area contributed by atoms with Crippen LogP contribution in [0.4, 0.5) is 0 Å². The lowest BCUT2D eigenvalue weighted by Crippen LogP contribution is -2.70. The van der Waals surface area contributed by atoms with Gasteiger partial charge in [-0.25, -0.2) is 0 Å². The predicted octanol–water partition coefficient (Wildman–Crippen LogP) is 4.16. The quantitative estimate of drug-likeness (QED) is 0.214. The van der Waals surface area contributed by atoms with Crippen molar-refractivity contribution in [1.82, 2.24) is 0 Å². The second-order valence-electron chi connectivity index (χ2n) is 11.6. The molecule has 0 aromatic heterocycles. The molecule has 0 bridgehead atoms. The third kappa shape index (κ3) is 3.65. The fourth-order valence-corrected chi connectivity index (χ4v) is 9.42. The molecule has 7 nitrogen and oxygen atoms in total. The summed E-state index contributed by atoms with van der Waals surface area (Å²) < 4.78 is 16.4. The molecular formula is C28H39BrO7. The maximum atomic E-state index is 13.9. The lowest BCUT2D eigenvalue weighted by molar-refractivity contribution is -0.222. The van der Waals surface area contributed by atoms with Crippen molar-refractivity contribution in [2.24, 2.45) is 34.5 Å². The molecular weight excluding hydrogens is 528 g/mol. The number of allylic oxidation sites excluding steroid dienone is 4. The molecule has 0 saturated heterocycles. The van der Waals surface area contributed by atoms with Crippen LogP contribution in [0, 0.1) is 34.5 Å². The Morgan fingerprint density at radius 2 is 1.89 bits per heavy atom. The molecule has 0 aliphatic heterocycles. The third-order valence-corrected chi connectivity index (χ3v) is 11.8. The number of ketones is 2. The Kier molecular flexibility index (Phi) is 7.26. The Morgan fingerprint density at radius 3 is 2.53 bits per heavy atom. The summed E-state index contributed by atoms with van der Waals surface area (Å²) in [6, 6.07) is 0. The molecule has 0 unspecified atom stereocenters. The fourth-order valence-electron chi connectivity index (χ4n) is 8.39. The number of alkyl halides is 1. The van der Waals surface area contributed by atoms with E-state index in [-0.39, 0.29) is 48.6 Å². The highest BCUT2D eigenvalue weighted by atomic mass is 79.9. The van der Waals surface area contributed by atoms with Gasteiger partial charge >= 0.3 is 5.97 Å². The number of hydrogen-bond donors (Lipinski definition) is 1. The van der Waals surface area contributed by atoms with Crippen LogP contribution in [0.25, 0.3) is 0 Å². The highest BCUT2D eigenvalue weighted by Gasteiger charge is 2.75. The molecule has 1 N–H and O–H groups in total. The number of rotatable bonds is 7. The van der Waals surface area contributed by atoms with Crippen molar-refractivity contribution in [3.63, 3.8) is 0 Å². The zero-order valence-corrected chi connectivity index (χ0v) is 23.7. The number of ether oxygens (including phenoxy) is 3. The second kappa shape index (κ2) is 9.44. The van der Waals surface area contributed by atoms with Gasteiger partial charge in [-0.05, 0) is 62.0 Å². The van der Waals surface area contributed by atoms with E-state index in [9.17, 15) is 19.5 Å². The lowest BCUT2D eigenvalue weighted by Gasteiger charge is -2.65. The average molecular weight is 568 g/mol. The number of carbonyl (C=O) groups excluding carboxylic acids is 3. The fraction of sp³-hybridized carbons (Fsp3) is 0.750. The van der Waals surface area contributed by atoms with Gasteiger partial charge in [0.1, 0.15) is 12.4 Å². The van der Waals surface area contributed by atoms with Crippen LogP contribution in [-0.2, 0) is 28.6 Å². The van der Waals surface area contributed by atoms with Crippen molar-refractivity contribution in [2.75, 3.05) is 20.0 Å². The van der Waals surface area contributed by atoms with Crippen molar-refractivity contribution < 1.29 is 33.7 Å². The van der Waals surface area contributed by atoms with Crippen molar-refractivity contribution in [3.05, 3.63) is 23.8 Å². The highest BCUT2D eigenvalue weighted by Crippen LogP contribution is 2.73. The summed E-state index contributed by atoms with van der Waals surface area (Å²) in [6.07, 6.45) is 6.31. The molecule has 200 valence electrons. The van der Waals surface area contributed by atoms with Crippen LogP contribution in [0.15, 0.2) is 23.8 Å². The Labute approximate surface area is 222 Å². The van der Waals surface area contributed by atoms with E-state index in [0.29, 0.717) is 13.0 Å². The van der Waals surface area contributed by atoms with Crippen LogP contribution in [0.5, 0.6) is 0 Å². The van der Waals surface area contributed by atoms with Crippen LogP contribution in [0.2, 0.25) is 0 Å². The van der Waals surface area contributed by atoms with Gasteiger partial charge in [-0.1, -0.05) is 55.3 Å². The summed E-state index contributed by atoms with van der Waals surface area (Å²) in [5, 5.41) is 11.9. The summed E-state index contributed by atoms with van der Waals surface area (Å²) in [5.74, 6) is -0.809. The number of hydrogen-bond acceptors (Lipinski definition) is 7. The van der Waals surface area contributed by atoms with Crippen molar-refractivity contribution in [2.45, 2.75) is 76.8 Å². The van der Waals surface area contributed by atoms with E-state index in [1.165, 1.54) is 6.92 Å². The molecule has 0 spiro atoms. The minimum atomic E-state index is -1.27. The normalized spacial score (nSPS) is 45.4. The maximum absolute atomic E-state index is 13.9. The van der Waals surface area contributed by atoms with E-state index in [4.69, 9.17) is 14.2 Å². The summed E-state index contributed by atoms with van der Waals surface area (Å²) >= 11 is 4.08. The first-order valence-electron chi connectivity index (χ1n) is 13.0. The summed E-state index contributed by atoms with van der Waals surface area (Å²) in [7, 11) is 0. The molecule has 9 atom stereocenters. The molecule has 0 heterocycles. The molecule has 36 heavy (non-hydrogen) atoms. The largest absolute Gasteiger partial charge is 0.458 e. The highest BCUT2D eigenvalue weighted by molar-refractivity contribution is 9.10. The van der Waals surface area contributed by atoms with Crippen molar-refractivity contribution >= 4 is 33.5 Å². The number of Topliss-reactive ketones (excluding diaryl/α,β-unsaturated/α-hetero) is 1. The van der Waals surface area contributed by atoms with E-state index in [1.54, 1.807) is 12.2 Å². The molecule has 3 fully saturated rings. The van der Waals surface area contributed by atoms with Gasteiger partial charge in [0.25, 0.3) is 0 Å². The number of aliphatic hydroxyl groups is 1. The van der Waals surface area contributed by atoms with Gasteiger partial charge in [-0.15, -0.1) is 0 Å². The van der Waals surface area contributed by atoms with Gasteiger partial charge < -0.3 is 19.3 Å². The maximum Gasteiger partial charge on any atom is 0.303 e. The zero-order valence-electron chi connectivity index (χ0n) is 22.1. The Morgan fingerprint density at radius 1 is 1.19 bits per heavy atom. The molecule has 0 aromatic carbocycles. The second-order valence-corrected chi connectivity index (χ2v) is 12.9. The van der Waals surface area contributed by atoms with Gasteiger partial charge in [-0.2, -0.15) is 0 Å². The van der Waals surface area contributed by atoms with Crippen LogP contribution in [0.3, 0.4) is 0 Å². The van der Waals surface area contributed by atoms with Crippen LogP contribution < -0.4 is 0 Å². The zero-order chi connectivity index (χ0) is 26.7. The van der Waals surface area contributed by atoms with Crippen LogP contribution >= 0.6 is 15.9 Å². The molecule has 0 aromatic rings. The molecule has 4 aliphatic carbocycles. The molecule has 3 saturated carbocycles. The van der Waals surface area contributed by atoms with Gasteiger partial charge in [0.05, 0.1) is 10.4 Å². The molecule has 0 amide bonds. The van der Waals surface area contributed by atoms with Gasteiger partial charge in [0.2, 0.25) is 5.78 Å². The SMILES string of the molecule is CCOCO[C@]1(C(=O)COC(C)=O)[C@@H](C)C[C@H]2[C@@H]3C[C@H](C)C4=CC(=O)C=C[C@]4(C)[C@@]3(Br)[C@@H](O)C[C@@]21C. The van der Waals surface area contributed by atoms with E-state index in [1.807, 2.05) is 26.8 Å². The minimum Gasteiger partial charge on any atom is -0.458 e. The molecule has 0 radical (unpaired) electrons. The number of aliphatic hydroxyl groups excluding tert-OH is 1. The smallest absolute Gasteiger partial charge is 0.303 e. The summed E-state index contributed by atoms with van der Waals surface area (Å²) in [5.41, 5.74) is -1.49. The van der Waals surface area contributed by atoms with Gasteiger partial charge in [-0.3, -0.25) is 14.4 Å². The Bertz CT molecular complexity index is 1010. The van der Waals surface area contributed by atoms with E-state index in [2.05, 4.69) is 29.8 Å². The van der Waals surface area contributed by atoms with E-state index in [0.717, 1.165) is 18.4 Å². The van der Waals surface area contributed by atoms with Crippen LogP contribution in [-0.4, -0.2) is 58.7 Å². The van der Waals surface area contributed by atoms with Crippen molar-refractivity contribution in [3.8, 4) is 0 Å². The monoisotopic (exact) mass is 566 g/mol. The van der Waals surface area contributed by atoms with Gasteiger partial charge in [0, 0.05) is 24.4 Å². The topological polar surface area (TPSA) is 99.1 Å². The third-order valence-electron chi connectivity index (χ3n) is 9.90. The van der Waals surface area contributed by atoms with Gasteiger partial charge in [0.15, 0.2) is 12.4 Å². The summed E-state index contributed by atoms with van der Waals surface area (Å²) in [4.78, 5) is 37.7. The summed E-state index contributed by atoms with van der Waals surface area (Å²) in [6.45, 7) is 11.5. The minimum absolute atomic E-state index is 0.0165. The standard InChI is InChI=1S/C28H39BrO7/c1-7-34-15-36-28(24(33)14-35-18(4)30)17(3)11-21-22-10-16(2)20-12-19(31)8-9-25(20,5)27(22,29)23(32)13-26(21,28)6/h8-9,12,16-17,21-23,32H,7,10-11,13-15H2,1-6H3/t16-,17-,21-,22-,23-,25-,26-,27-,28-/m0/s1.